The monoisotopic (exact) mass is 453 g/mol. The number of carbonyl (C=O) groups is 2. The molecule has 30 heavy (non-hydrogen) atoms. The molecule has 1 N–H and O–H groups in total. The van der Waals surface area contributed by atoms with Gasteiger partial charge in [-0.05, 0) is 38.1 Å². The van der Waals surface area contributed by atoms with E-state index in [1.54, 1.807) is 12.1 Å². The maximum Gasteiger partial charge on any atom is 0.295 e. The Morgan fingerprint density at radius 3 is 2.47 bits per heavy atom. The van der Waals surface area contributed by atoms with Crippen molar-refractivity contribution in [3.8, 4) is 5.75 Å². The molecule has 1 saturated heterocycles. The Bertz CT molecular complexity index is 960. The number of aliphatic hydroxyl groups excluding tert-OH is 1. The van der Waals surface area contributed by atoms with Crippen LogP contribution in [0.2, 0.25) is 10.0 Å². The molecule has 1 amide bonds. The molecule has 1 aromatic carbocycles. The van der Waals surface area contributed by atoms with E-state index < -0.39 is 23.5 Å². The number of nitrogens with zero attached hydrogens (tertiary/aromatic N) is 1. The van der Waals surface area contributed by atoms with E-state index in [9.17, 15) is 14.7 Å². The number of carbonyl (C=O) groups excluding carboxylic acids is 2. The molecule has 0 bridgehead atoms. The predicted octanol–water partition coefficient (Wildman–Crippen LogP) is 4.44. The van der Waals surface area contributed by atoms with Crippen molar-refractivity contribution in [1.29, 1.82) is 0 Å². The van der Waals surface area contributed by atoms with Crippen LogP contribution in [0, 0.1) is 0 Å². The number of benzene rings is 1. The summed E-state index contributed by atoms with van der Waals surface area (Å²) in [5.41, 5.74) is 0.0654. The average molecular weight is 454 g/mol. The van der Waals surface area contributed by atoms with Gasteiger partial charge in [-0.25, -0.2) is 0 Å². The number of amides is 1. The van der Waals surface area contributed by atoms with Crippen LogP contribution in [-0.4, -0.2) is 48.1 Å². The van der Waals surface area contributed by atoms with Crippen LogP contribution >= 0.6 is 23.2 Å². The molecule has 9 heteroatoms. The number of rotatable bonds is 7. The standard InChI is InChI=1S/C21H21Cl2NO6/c1-11(2)29-8-6-24-17(15-5-4-7-30-15)16(19(26)21(24)27)18(25)12-9-13(22)20(28-3)14(23)10-12/h4-5,7,9-11,17,25H,6,8H2,1-3H3/b18-16-. The molecule has 1 atom stereocenters. The summed E-state index contributed by atoms with van der Waals surface area (Å²) in [5, 5.41) is 11.3. The minimum Gasteiger partial charge on any atom is -0.507 e. The van der Waals surface area contributed by atoms with Crippen molar-refractivity contribution in [2.75, 3.05) is 20.3 Å². The Hall–Kier alpha value is -2.48. The SMILES string of the molecule is COc1c(Cl)cc(/C(O)=C2/C(=O)C(=O)N(CCOC(C)C)C2c2ccco2)cc1Cl. The number of halogens is 2. The number of ketones is 1. The van der Waals surface area contributed by atoms with Crippen LogP contribution in [0.1, 0.15) is 31.2 Å². The molecule has 160 valence electrons. The molecule has 0 aliphatic carbocycles. The van der Waals surface area contributed by atoms with E-state index in [2.05, 4.69) is 0 Å². The number of hydrogen-bond donors (Lipinski definition) is 1. The second-order valence-corrected chi connectivity index (χ2v) is 7.71. The van der Waals surface area contributed by atoms with Gasteiger partial charge in [-0.1, -0.05) is 23.2 Å². The first-order chi connectivity index (χ1) is 14.3. The lowest BCUT2D eigenvalue weighted by atomic mass is 9.99. The molecule has 1 fully saturated rings. The first kappa shape index (κ1) is 22.2. The summed E-state index contributed by atoms with van der Waals surface area (Å²) in [5.74, 6) is -1.42. The number of ether oxygens (including phenoxy) is 2. The lowest BCUT2D eigenvalue weighted by Gasteiger charge is -2.23. The Morgan fingerprint density at radius 2 is 1.93 bits per heavy atom. The Morgan fingerprint density at radius 1 is 1.27 bits per heavy atom. The quantitative estimate of drug-likeness (QED) is 0.378. The van der Waals surface area contributed by atoms with Gasteiger partial charge in [0, 0.05) is 12.1 Å². The zero-order valence-electron chi connectivity index (χ0n) is 16.6. The van der Waals surface area contributed by atoms with Crippen molar-refractivity contribution in [2.45, 2.75) is 26.0 Å². The fourth-order valence-electron chi connectivity index (χ4n) is 3.29. The highest BCUT2D eigenvalue weighted by Gasteiger charge is 2.47. The molecule has 1 aromatic heterocycles. The fourth-order valence-corrected chi connectivity index (χ4v) is 3.93. The summed E-state index contributed by atoms with van der Waals surface area (Å²) in [7, 11) is 1.41. The Labute approximate surface area is 183 Å². The largest absolute Gasteiger partial charge is 0.507 e. The number of likely N-dealkylation sites (tertiary alicyclic amines) is 1. The van der Waals surface area contributed by atoms with Gasteiger partial charge in [-0.15, -0.1) is 0 Å². The zero-order chi connectivity index (χ0) is 22.0. The van der Waals surface area contributed by atoms with Crippen molar-refractivity contribution in [3.05, 3.63) is 57.5 Å². The third-order valence-corrected chi connectivity index (χ3v) is 5.17. The molecule has 0 radical (unpaired) electrons. The first-order valence-corrected chi connectivity index (χ1v) is 9.98. The maximum absolute atomic E-state index is 12.8. The molecule has 2 aromatic rings. The van der Waals surface area contributed by atoms with E-state index in [4.69, 9.17) is 37.1 Å². The Kier molecular flexibility index (Phi) is 6.75. The molecule has 1 aliphatic rings. The first-order valence-electron chi connectivity index (χ1n) is 9.23. The summed E-state index contributed by atoms with van der Waals surface area (Å²) in [6.45, 7) is 4.11. The van der Waals surface area contributed by atoms with E-state index >= 15 is 0 Å². The third kappa shape index (κ3) is 4.19. The lowest BCUT2D eigenvalue weighted by molar-refractivity contribution is -0.140. The number of furan rings is 1. The molecule has 1 unspecified atom stereocenters. The van der Waals surface area contributed by atoms with E-state index in [-0.39, 0.29) is 46.2 Å². The fraction of sp³-hybridized carbons (Fsp3) is 0.333. The van der Waals surface area contributed by atoms with Crippen LogP contribution in [0.3, 0.4) is 0 Å². The number of hydrogen-bond acceptors (Lipinski definition) is 6. The van der Waals surface area contributed by atoms with Gasteiger partial charge in [0.15, 0.2) is 5.75 Å². The number of methoxy groups -OCH3 is 1. The lowest BCUT2D eigenvalue weighted by Crippen LogP contribution is -2.33. The molecule has 2 heterocycles. The third-order valence-electron chi connectivity index (χ3n) is 4.61. The van der Waals surface area contributed by atoms with Gasteiger partial charge in [0.25, 0.3) is 11.7 Å². The molecule has 3 rings (SSSR count). The summed E-state index contributed by atoms with van der Waals surface area (Å²) in [6.07, 6.45) is 1.40. The zero-order valence-corrected chi connectivity index (χ0v) is 18.2. The van der Waals surface area contributed by atoms with Gasteiger partial charge in [0.05, 0.1) is 41.7 Å². The summed E-state index contributed by atoms with van der Waals surface area (Å²) in [4.78, 5) is 26.9. The summed E-state index contributed by atoms with van der Waals surface area (Å²) in [6, 6.07) is 5.19. The van der Waals surface area contributed by atoms with Crippen LogP contribution in [0.4, 0.5) is 0 Å². The molecular formula is C21H21Cl2NO6. The van der Waals surface area contributed by atoms with Crippen LogP contribution in [0.15, 0.2) is 40.5 Å². The topological polar surface area (TPSA) is 89.2 Å². The van der Waals surface area contributed by atoms with Gasteiger partial charge < -0.3 is 23.9 Å². The normalized spacial score (nSPS) is 18.5. The molecule has 0 spiro atoms. The van der Waals surface area contributed by atoms with Gasteiger partial charge in [-0.3, -0.25) is 9.59 Å². The molecule has 1 aliphatic heterocycles. The Balaban J connectivity index is 2.09. The highest BCUT2D eigenvalue weighted by Crippen LogP contribution is 2.41. The van der Waals surface area contributed by atoms with E-state index in [0.717, 1.165) is 0 Å². The summed E-state index contributed by atoms with van der Waals surface area (Å²) < 4.78 is 16.1. The van der Waals surface area contributed by atoms with Gasteiger partial charge in [0.2, 0.25) is 0 Å². The van der Waals surface area contributed by atoms with Crippen LogP contribution in [-0.2, 0) is 14.3 Å². The molecular weight excluding hydrogens is 433 g/mol. The van der Waals surface area contributed by atoms with Gasteiger partial charge >= 0.3 is 0 Å². The van der Waals surface area contributed by atoms with E-state index in [1.165, 1.54) is 30.4 Å². The minimum absolute atomic E-state index is 0.0348. The summed E-state index contributed by atoms with van der Waals surface area (Å²) >= 11 is 12.3. The van der Waals surface area contributed by atoms with Crippen molar-refractivity contribution < 1.29 is 28.6 Å². The van der Waals surface area contributed by atoms with Crippen molar-refractivity contribution >= 4 is 40.7 Å². The van der Waals surface area contributed by atoms with Crippen molar-refractivity contribution in [1.82, 2.24) is 4.90 Å². The second kappa shape index (κ2) is 9.12. The molecule has 7 nitrogen and oxygen atoms in total. The smallest absolute Gasteiger partial charge is 0.295 e. The van der Waals surface area contributed by atoms with E-state index in [1.807, 2.05) is 13.8 Å². The van der Waals surface area contributed by atoms with Crippen LogP contribution < -0.4 is 4.74 Å². The van der Waals surface area contributed by atoms with Crippen molar-refractivity contribution in [2.24, 2.45) is 0 Å². The van der Waals surface area contributed by atoms with Crippen LogP contribution in [0.25, 0.3) is 5.76 Å². The highest BCUT2D eigenvalue weighted by molar-refractivity contribution is 6.46. The average Bonchev–Trinajstić information content (AvgIpc) is 3.29. The highest BCUT2D eigenvalue weighted by atomic mass is 35.5. The van der Waals surface area contributed by atoms with Gasteiger partial charge in [-0.2, -0.15) is 0 Å². The molecule has 0 saturated carbocycles. The second-order valence-electron chi connectivity index (χ2n) is 6.90. The van der Waals surface area contributed by atoms with Crippen LogP contribution in [0.5, 0.6) is 5.75 Å². The minimum atomic E-state index is -0.907. The predicted molar refractivity (Wildman–Crippen MR) is 112 cm³/mol. The maximum atomic E-state index is 12.8. The van der Waals surface area contributed by atoms with Crippen molar-refractivity contribution in [3.63, 3.8) is 0 Å². The van der Waals surface area contributed by atoms with E-state index in [0.29, 0.717) is 5.76 Å². The number of aliphatic hydroxyl groups is 1. The van der Waals surface area contributed by atoms with Gasteiger partial charge in [0.1, 0.15) is 17.6 Å². The number of Topliss-reactive ketones (excluding diaryl/α,β-unsaturated/α-hetero) is 1.